The molecular formula is C11H19NO2. The molecule has 1 heterocycles. The molecule has 14 heavy (non-hydrogen) atoms. The van der Waals surface area contributed by atoms with Crippen molar-refractivity contribution in [2.75, 3.05) is 19.6 Å². The first-order valence-electron chi connectivity index (χ1n) is 5.29. The van der Waals surface area contributed by atoms with Gasteiger partial charge in [0.1, 0.15) is 0 Å². The lowest BCUT2D eigenvalue weighted by molar-refractivity contribution is -0.132. The Morgan fingerprint density at radius 3 is 2.43 bits per heavy atom. The Hall–Kier alpha value is -0.830. The van der Waals surface area contributed by atoms with Crippen LogP contribution in [-0.4, -0.2) is 35.6 Å². The summed E-state index contributed by atoms with van der Waals surface area (Å²) in [7, 11) is 0. The molecule has 0 unspecified atom stereocenters. The summed E-state index contributed by atoms with van der Waals surface area (Å²) in [6, 6.07) is 0. The monoisotopic (exact) mass is 197 g/mol. The van der Waals surface area contributed by atoms with Crippen molar-refractivity contribution < 1.29 is 9.90 Å². The average molecular weight is 197 g/mol. The van der Waals surface area contributed by atoms with Crippen LogP contribution in [0.25, 0.3) is 0 Å². The lowest BCUT2D eigenvalue weighted by atomic mass is 9.99. The number of hydrogen-bond donors (Lipinski definition) is 1. The summed E-state index contributed by atoms with van der Waals surface area (Å²) in [5.74, 6) is -0.760. The summed E-state index contributed by atoms with van der Waals surface area (Å²) >= 11 is 0. The highest BCUT2D eigenvalue weighted by Gasteiger charge is 2.16. The van der Waals surface area contributed by atoms with Gasteiger partial charge in [-0.2, -0.15) is 0 Å². The summed E-state index contributed by atoms with van der Waals surface area (Å²) in [6.07, 6.45) is 3.03. The second kappa shape index (κ2) is 5.15. The van der Waals surface area contributed by atoms with Gasteiger partial charge in [-0.25, -0.2) is 4.79 Å². The lowest BCUT2D eigenvalue weighted by Gasteiger charge is -2.28. The second-order valence-electron chi connectivity index (χ2n) is 3.88. The molecule has 0 radical (unpaired) electrons. The number of carbonyl (C=O) groups is 1. The molecule has 0 spiro atoms. The largest absolute Gasteiger partial charge is 0.478 e. The molecule has 1 saturated heterocycles. The summed E-state index contributed by atoms with van der Waals surface area (Å²) in [6.45, 7) is 7.07. The maximum Gasteiger partial charge on any atom is 0.331 e. The van der Waals surface area contributed by atoms with Crippen LogP contribution in [0.3, 0.4) is 0 Å². The van der Waals surface area contributed by atoms with Gasteiger partial charge in [-0.3, -0.25) is 0 Å². The number of likely N-dealkylation sites (tertiary alicyclic amines) is 1. The van der Waals surface area contributed by atoms with Crippen molar-refractivity contribution in [1.29, 1.82) is 0 Å². The molecule has 1 aliphatic rings. The van der Waals surface area contributed by atoms with Gasteiger partial charge in [0.05, 0.1) is 0 Å². The highest BCUT2D eigenvalue weighted by atomic mass is 16.4. The van der Waals surface area contributed by atoms with Gasteiger partial charge in [-0.05, 0) is 32.7 Å². The van der Waals surface area contributed by atoms with E-state index in [0.29, 0.717) is 5.57 Å². The van der Waals surface area contributed by atoms with Crippen molar-refractivity contribution in [3.63, 3.8) is 0 Å². The van der Waals surface area contributed by atoms with E-state index in [2.05, 4.69) is 11.8 Å². The molecule has 0 saturated carbocycles. The minimum absolute atomic E-state index is 0.557. The third-order valence-corrected chi connectivity index (χ3v) is 2.85. The zero-order valence-corrected chi connectivity index (χ0v) is 9.05. The normalized spacial score (nSPS) is 18.3. The maximum atomic E-state index is 10.7. The maximum absolute atomic E-state index is 10.7. The van der Waals surface area contributed by atoms with E-state index < -0.39 is 5.97 Å². The Labute approximate surface area is 85.4 Å². The van der Waals surface area contributed by atoms with Gasteiger partial charge in [-0.15, -0.1) is 0 Å². The molecular weight excluding hydrogens is 178 g/mol. The number of carboxylic acid groups (broad SMARTS) is 1. The Kier molecular flexibility index (Phi) is 4.14. The topological polar surface area (TPSA) is 40.5 Å². The number of carboxylic acids is 1. The smallest absolute Gasteiger partial charge is 0.331 e. The number of piperidine rings is 1. The number of aliphatic carboxylic acids is 1. The van der Waals surface area contributed by atoms with Gasteiger partial charge < -0.3 is 10.0 Å². The van der Waals surface area contributed by atoms with Crippen LogP contribution in [-0.2, 0) is 4.79 Å². The van der Waals surface area contributed by atoms with Crippen LogP contribution in [0.1, 0.15) is 33.1 Å². The SMILES string of the molecule is CCCN1CCC(=C(C)C(=O)O)CC1. The first kappa shape index (κ1) is 11.2. The zero-order valence-electron chi connectivity index (χ0n) is 9.05. The number of rotatable bonds is 3. The molecule has 0 bridgehead atoms. The molecule has 3 nitrogen and oxygen atoms in total. The summed E-state index contributed by atoms with van der Waals surface area (Å²) in [5, 5.41) is 8.83. The van der Waals surface area contributed by atoms with Crippen molar-refractivity contribution in [2.45, 2.75) is 33.1 Å². The van der Waals surface area contributed by atoms with Gasteiger partial charge in [0.2, 0.25) is 0 Å². The lowest BCUT2D eigenvalue weighted by Crippen LogP contribution is -2.31. The standard InChI is InChI=1S/C11H19NO2/c1-3-6-12-7-4-10(5-8-12)9(2)11(13)14/h3-8H2,1-2H3,(H,13,14). The van der Waals surface area contributed by atoms with Crippen molar-refractivity contribution in [3.05, 3.63) is 11.1 Å². The predicted molar refractivity (Wildman–Crippen MR) is 56.3 cm³/mol. The fourth-order valence-electron chi connectivity index (χ4n) is 1.89. The van der Waals surface area contributed by atoms with Crippen LogP contribution < -0.4 is 0 Å². The highest BCUT2D eigenvalue weighted by Crippen LogP contribution is 2.19. The summed E-state index contributed by atoms with van der Waals surface area (Å²) in [4.78, 5) is 13.1. The Balaban J connectivity index is 2.50. The summed E-state index contributed by atoms with van der Waals surface area (Å²) < 4.78 is 0. The third-order valence-electron chi connectivity index (χ3n) is 2.85. The van der Waals surface area contributed by atoms with Gasteiger partial charge in [0, 0.05) is 18.7 Å². The molecule has 0 aromatic carbocycles. The molecule has 0 aromatic heterocycles. The Morgan fingerprint density at radius 1 is 1.43 bits per heavy atom. The minimum atomic E-state index is -0.760. The minimum Gasteiger partial charge on any atom is -0.478 e. The number of hydrogen-bond acceptors (Lipinski definition) is 2. The number of nitrogens with zero attached hydrogens (tertiary/aromatic N) is 1. The van der Waals surface area contributed by atoms with Crippen LogP contribution in [0.5, 0.6) is 0 Å². The molecule has 1 fully saturated rings. The molecule has 0 aromatic rings. The molecule has 1 rings (SSSR count). The summed E-state index contributed by atoms with van der Waals surface area (Å²) in [5.41, 5.74) is 1.69. The molecule has 0 amide bonds. The molecule has 0 atom stereocenters. The first-order chi connectivity index (χ1) is 6.65. The van der Waals surface area contributed by atoms with Crippen molar-refractivity contribution >= 4 is 5.97 Å². The quantitative estimate of drug-likeness (QED) is 0.702. The molecule has 1 N–H and O–H groups in total. The Morgan fingerprint density at radius 2 is 2.00 bits per heavy atom. The van der Waals surface area contributed by atoms with Gasteiger partial charge in [-0.1, -0.05) is 12.5 Å². The Bertz CT molecular complexity index is 236. The van der Waals surface area contributed by atoms with E-state index >= 15 is 0 Å². The van der Waals surface area contributed by atoms with Gasteiger partial charge in [0.15, 0.2) is 0 Å². The van der Waals surface area contributed by atoms with Crippen molar-refractivity contribution in [1.82, 2.24) is 4.90 Å². The van der Waals surface area contributed by atoms with Crippen LogP contribution in [0.2, 0.25) is 0 Å². The molecule has 1 aliphatic heterocycles. The van der Waals surface area contributed by atoms with E-state index in [1.54, 1.807) is 6.92 Å². The van der Waals surface area contributed by atoms with Crippen LogP contribution in [0, 0.1) is 0 Å². The second-order valence-corrected chi connectivity index (χ2v) is 3.88. The van der Waals surface area contributed by atoms with Gasteiger partial charge in [0.25, 0.3) is 0 Å². The van der Waals surface area contributed by atoms with Crippen molar-refractivity contribution in [3.8, 4) is 0 Å². The van der Waals surface area contributed by atoms with E-state index in [1.165, 1.54) is 6.42 Å². The van der Waals surface area contributed by atoms with Gasteiger partial charge >= 0.3 is 5.97 Å². The fourth-order valence-corrected chi connectivity index (χ4v) is 1.89. The average Bonchev–Trinajstić information content (AvgIpc) is 2.18. The van der Waals surface area contributed by atoms with Crippen LogP contribution in [0.4, 0.5) is 0 Å². The fraction of sp³-hybridized carbons (Fsp3) is 0.727. The molecule has 3 heteroatoms. The first-order valence-corrected chi connectivity index (χ1v) is 5.29. The third kappa shape index (κ3) is 2.84. The van der Waals surface area contributed by atoms with E-state index in [1.807, 2.05) is 0 Å². The predicted octanol–water partition coefficient (Wildman–Crippen LogP) is 1.89. The van der Waals surface area contributed by atoms with E-state index in [4.69, 9.17) is 5.11 Å². The van der Waals surface area contributed by atoms with Crippen LogP contribution in [0.15, 0.2) is 11.1 Å². The van der Waals surface area contributed by atoms with Crippen LogP contribution >= 0.6 is 0 Å². The molecule has 0 aliphatic carbocycles. The zero-order chi connectivity index (χ0) is 10.6. The van der Waals surface area contributed by atoms with E-state index in [9.17, 15) is 4.79 Å². The van der Waals surface area contributed by atoms with E-state index in [-0.39, 0.29) is 0 Å². The highest BCUT2D eigenvalue weighted by molar-refractivity contribution is 5.86. The molecule has 80 valence electrons. The van der Waals surface area contributed by atoms with E-state index in [0.717, 1.165) is 38.0 Å². The van der Waals surface area contributed by atoms with Crippen molar-refractivity contribution in [2.24, 2.45) is 0 Å².